The fourth-order valence-electron chi connectivity index (χ4n) is 3.38. The predicted octanol–water partition coefficient (Wildman–Crippen LogP) is 3.47. The second-order valence-corrected chi connectivity index (χ2v) is 6.79. The van der Waals surface area contributed by atoms with E-state index in [4.69, 9.17) is 4.74 Å². The minimum atomic E-state index is -0.515. The molecule has 1 aliphatic rings. The Labute approximate surface area is 157 Å². The molecule has 2 amide bonds. The second-order valence-electron chi connectivity index (χ2n) is 6.79. The average molecular weight is 363 g/mol. The molecule has 1 atom stereocenters. The van der Waals surface area contributed by atoms with E-state index in [9.17, 15) is 9.59 Å². The van der Waals surface area contributed by atoms with Gasteiger partial charge in [0.1, 0.15) is 5.75 Å². The first-order chi connectivity index (χ1) is 13.0. The Bertz CT molecular complexity index is 1040. The third-order valence-corrected chi connectivity index (χ3v) is 4.80. The molecule has 1 aromatic heterocycles. The Kier molecular flexibility index (Phi) is 4.32. The van der Waals surface area contributed by atoms with Crippen LogP contribution in [-0.4, -0.2) is 22.5 Å². The average Bonchev–Trinajstić information content (AvgIpc) is 2.98. The number of fused-ring (bicyclic) bond motifs is 2. The summed E-state index contributed by atoms with van der Waals surface area (Å²) < 4.78 is 7.60. The van der Waals surface area contributed by atoms with Gasteiger partial charge in [-0.3, -0.25) is 9.59 Å². The summed E-state index contributed by atoms with van der Waals surface area (Å²) in [6.07, 6.45) is 2.60. The van der Waals surface area contributed by atoms with Gasteiger partial charge in [-0.2, -0.15) is 0 Å². The number of benzene rings is 2. The van der Waals surface area contributed by atoms with Gasteiger partial charge in [-0.1, -0.05) is 18.2 Å². The summed E-state index contributed by atoms with van der Waals surface area (Å²) in [6.45, 7) is 1.70. The van der Waals surface area contributed by atoms with Crippen LogP contribution in [0.25, 0.3) is 10.9 Å². The lowest BCUT2D eigenvalue weighted by molar-refractivity contribution is -0.122. The number of hydrogen-bond acceptors (Lipinski definition) is 3. The minimum Gasteiger partial charge on any atom is -0.479 e. The van der Waals surface area contributed by atoms with Crippen molar-refractivity contribution in [3.05, 3.63) is 54.2 Å². The van der Waals surface area contributed by atoms with Crippen LogP contribution in [0.1, 0.15) is 18.9 Å². The standard InChI is InChI=1S/C21H21N3O3/c1-13-21(26)23-17-11-15(8-9-19(17)27-13)22-20(25)10-7-14-12-24(2)18-6-4-3-5-16(14)18/h3-6,8-9,11-13H,7,10H2,1-2H3,(H,22,25)(H,23,26)/t13-/m1/s1. The van der Waals surface area contributed by atoms with E-state index < -0.39 is 6.10 Å². The normalized spacial score (nSPS) is 15.8. The number of aryl methyl sites for hydroxylation is 2. The molecule has 0 saturated carbocycles. The van der Waals surface area contributed by atoms with E-state index in [0.29, 0.717) is 30.0 Å². The highest BCUT2D eigenvalue weighted by Gasteiger charge is 2.23. The monoisotopic (exact) mass is 363 g/mol. The van der Waals surface area contributed by atoms with Crippen molar-refractivity contribution >= 4 is 34.1 Å². The smallest absolute Gasteiger partial charge is 0.265 e. The van der Waals surface area contributed by atoms with E-state index in [2.05, 4.69) is 33.5 Å². The molecule has 6 nitrogen and oxygen atoms in total. The first-order valence-corrected chi connectivity index (χ1v) is 8.95. The summed E-state index contributed by atoms with van der Waals surface area (Å²) in [7, 11) is 2.01. The number of carbonyl (C=O) groups excluding carboxylic acids is 2. The number of para-hydroxylation sites is 1. The Morgan fingerprint density at radius 1 is 1.26 bits per heavy atom. The fraction of sp³-hybridized carbons (Fsp3) is 0.238. The molecular weight excluding hydrogens is 342 g/mol. The second kappa shape index (κ2) is 6.79. The van der Waals surface area contributed by atoms with Crippen LogP contribution in [0.5, 0.6) is 5.75 Å². The van der Waals surface area contributed by atoms with Crippen LogP contribution in [0.2, 0.25) is 0 Å². The molecule has 0 aliphatic carbocycles. The third-order valence-electron chi connectivity index (χ3n) is 4.80. The predicted molar refractivity (Wildman–Crippen MR) is 105 cm³/mol. The molecule has 1 aliphatic heterocycles. The van der Waals surface area contributed by atoms with Crippen LogP contribution in [0.4, 0.5) is 11.4 Å². The van der Waals surface area contributed by atoms with Crippen LogP contribution in [0, 0.1) is 0 Å². The number of nitrogens with zero attached hydrogens (tertiary/aromatic N) is 1. The van der Waals surface area contributed by atoms with E-state index in [0.717, 1.165) is 11.1 Å². The van der Waals surface area contributed by atoms with E-state index in [-0.39, 0.29) is 11.8 Å². The Hall–Kier alpha value is -3.28. The highest BCUT2D eigenvalue weighted by atomic mass is 16.5. The summed E-state index contributed by atoms with van der Waals surface area (Å²) in [4.78, 5) is 24.1. The van der Waals surface area contributed by atoms with Crippen LogP contribution in [-0.2, 0) is 23.1 Å². The van der Waals surface area contributed by atoms with Gasteiger partial charge in [0.25, 0.3) is 5.91 Å². The lowest BCUT2D eigenvalue weighted by atomic mass is 10.1. The molecule has 2 N–H and O–H groups in total. The van der Waals surface area contributed by atoms with Gasteiger partial charge in [0.15, 0.2) is 6.10 Å². The van der Waals surface area contributed by atoms with Crippen molar-refractivity contribution in [2.24, 2.45) is 7.05 Å². The van der Waals surface area contributed by atoms with Crippen molar-refractivity contribution in [3.8, 4) is 5.75 Å². The Balaban J connectivity index is 1.42. The molecule has 3 aromatic rings. The van der Waals surface area contributed by atoms with Crippen LogP contribution >= 0.6 is 0 Å². The van der Waals surface area contributed by atoms with Gasteiger partial charge in [0.05, 0.1) is 5.69 Å². The van der Waals surface area contributed by atoms with Gasteiger partial charge in [-0.05, 0) is 43.2 Å². The van der Waals surface area contributed by atoms with Crippen molar-refractivity contribution in [2.45, 2.75) is 25.9 Å². The summed E-state index contributed by atoms with van der Waals surface area (Å²) in [6, 6.07) is 13.4. The quantitative estimate of drug-likeness (QED) is 0.745. The molecule has 4 rings (SSSR count). The van der Waals surface area contributed by atoms with Crippen LogP contribution in [0.3, 0.4) is 0 Å². The molecule has 27 heavy (non-hydrogen) atoms. The van der Waals surface area contributed by atoms with Crippen molar-refractivity contribution in [3.63, 3.8) is 0 Å². The molecule has 2 aromatic carbocycles. The zero-order valence-corrected chi connectivity index (χ0v) is 15.3. The first kappa shape index (κ1) is 17.1. The fourth-order valence-corrected chi connectivity index (χ4v) is 3.38. The molecule has 0 unspecified atom stereocenters. The van der Waals surface area contributed by atoms with Crippen LogP contribution in [0.15, 0.2) is 48.7 Å². The van der Waals surface area contributed by atoms with E-state index >= 15 is 0 Å². The zero-order valence-electron chi connectivity index (χ0n) is 15.3. The van der Waals surface area contributed by atoms with Gasteiger partial charge in [-0.25, -0.2) is 0 Å². The van der Waals surface area contributed by atoms with Gasteiger partial charge in [-0.15, -0.1) is 0 Å². The molecule has 6 heteroatoms. The van der Waals surface area contributed by atoms with Crippen molar-refractivity contribution < 1.29 is 14.3 Å². The molecule has 0 fully saturated rings. The number of aromatic nitrogens is 1. The molecule has 0 spiro atoms. The lowest BCUT2D eigenvalue weighted by Gasteiger charge is -2.23. The van der Waals surface area contributed by atoms with Gasteiger partial charge in [0, 0.05) is 36.3 Å². The molecular formula is C21H21N3O3. The zero-order chi connectivity index (χ0) is 19.0. The lowest BCUT2D eigenvalue weighted by Crippen LogP contribution is -2.34. The number of rotatable bonds is 4. The SMILES string of the molecule is C[C@H]1Oc2ccc(NC(=O)CCc3cn(C)c4ccccc34)cc2NC1=O. The number of nitrogens with one attached hydrogen (secondary N) is 2. The summed E-state index contributed by atoms with van der Waals surface area (Å²) in [5.74, 6) is 0.345. The molecule has 0 saturated heterocycles. The van der Waals surface area contributed by atoms with E-state index in [1.807, 2.05) is 19.2 Å². The van der Waals surface area contributed by atoms with E-state index in [1.54, 1.807) is 25.1 Å². The highest BCUT2D eigenvalue weighted by molar-refractivity contribution is 5.99. The van der Waals surface area contributed by atoms with Crippen molar-refractivity contribution in [2.75, 3.05) is 10.6 Å². The molecule has 0 radical (unpaired) electrons. The Morgan fingerprint density at radius 2 is 2.07 bits per heavy atom. The Morgan fingerprint density at radius 3 is 2.93 bits per heavy atom. The van der Waals surface area contributed by atoms with Gasteiger partial charge < -0.3 is 19.9 Å². The number of amides is 2. The largest absolute Gasteiger partial charge is 0.479 e. The molecule has 2 heterocycles. The first-order valence-electron chi connectivity index (χ1n) is 8.95. The third kappa shape index (κ3) is 3.38. The van der Waals surface area contributed by atoms with Crippen molar-refractivity contribution in [1.29, 1.82) is 0 Å². The van der Waals surface area contributed by atoms with Gasteiger partial charge in [0.2, 0.25) is 5.91 Å². The maximum Gasteiger partial charge on any atom is 0.265 e. The number of hydrogen-bond donors (Lipinski definition) is 2. The van der Waals surface area contributed by atoms with Crippen LogP contribution < -0.4 is 15.4 Å². The maximum absolute atomic E-state index is 12.4. The number of carbonyl (C=O) groups is 2. The number of anilines is 2. The number of ether oxygens (including phenoxy) is 1. The summed E-state index contributed by atoms with van der Waals surface area (Å²) >= 11 is 0. The summed E-state index contributed by atoms with van der Waals surface area (Å²) in [5.41, 5.74) is 3.52. The molecule has 0 bridgehead atoms. The minimum absolute atomic E-state index is 0.0701. The topological polar surface area (TPSA) is 72.4 Å². The summed E-state index contributed by atoms with van der Waals surface area (Å²) in [5, 5.41) is 6.85. The highest BCUT2D eigenvalue weighted by Crippen LogP contribution is 2.32. The van der Waals surface area contributed by atoms with Crippen molar-refractivity contribution in [1.82, 2.24) is 4.57 Å². The maximum atomic E-state index is 12.4. The van der Waals surface area contributed by atoms with E-state index in [1.165, 1.54) is 5.39 Å². The van der Waals surface area contributed by atoms with Gasteiger partial charge >= 0.3 is 0 Å². The molecule has 138 valence electrons.